The summed E-state index contributed by atoms with van der Waals surface area (Å²) in [4.78, 5) is 38.4. The summed E-state index contributed by atoms with van der Waals surface area (Å²) in [6.07, 6.45) is 6.37. The van der Waals surface area contributed by atoms with Crippen LogP contribution in [0, 0.1) is 10.8 Å². The first-order chi connectivity index (χ1) is 18.8. The second kappa shape index (κ2) is 13.5. The molecule has 0 spiro atoms. The van der Waals surface area contributed by atoms with Crippen molar-refractivity contribution in [3.05, 3.63) is 55.1 Å². The van der Waals surface area contributed by atoms with E-state index in [2.05, 4.69) is 15.0 Å². The molecule has 2 heterocycles. The van der Waals surface area contributed by atoms with Crippen molar-refractivity contribution in [2.45, 2.75) is 58.0 Å². The number of hydrogen-bond acceptors (Lipinski definition) is 11. The number of carbonyl (C=O) groups is 2. The van der Waals surface area contributed by atoms with Crippen LogP contribution in [-0.4, -0.2) is 51.2 Å². The number of nitrogens with zero attached hydrogens (tertiary/aromatic N) is 4. The number of carbonyl (C=O) groups excluding carboxylic acids is 2. The van der Waals surface area contributed by atoms with Crippen LogP contribution in [0.2, 0.25) is 0 Å². The van der Waals surface area contributed by atoms with Crippen LogP contribution in [0.25, 0.3) is 11.2 Å². The molecule has 11 nitrogen and oxygen atoms in total. The van der Waals surface area contributed by atoms with E-state index in [-0.39, 0.29) is 6.16 Å². The minimum absolute atomic E-state index is 0.149. The first kappa shape index (κ1) is 31.5. The number of benzene rings is 1. The van der Waals surface area contributed by atoms with Gasteiger partial charge in [0.25, 0.3) is 0 Å². The number of esters is 2. The van der Waals surface area contributed by atoms with E-state index >= 15 is 0 Å². The lowest BCUT2D eigenvalue weighted by atomic mass is 9.98. The Hall–Kier alpha value is -3.05. The molecule has 0 atom stereocenters. The van der Waals surface area contributed by atoms with Crippen LogP contribution in [-0.2, 0) is 39.2 Å². The van der Waals surface area contributed by atoms with Gasteiger partial charge in [0.05, 0.1) is 23.3 Å². The molecule has 0 fully saturated rings. The van der Waals surface area contributed by atoms with Gasteiger partial charge >= 0.3 is 19.5 Å². The summed E-state index contributed by atoms with van der Waals surface area (Å²) in [6.45, 7) is 9.37. The molecule has 0 aliphatic rings. The van der Waals surface area contributed by atoms with Crippen LogP contribution in [0.15, 0.2) is 65.1 Å². The lowest BCUT2D eigenvalue weighted by Gasteiger charge is -2.21. The summed E-state index contributed by atoms with van der Waals surface area (Å²) >= 11 is 1.50. The van der Waals surface area contributed by atoms with E-state index in [0.717, 1.165) is 9.92 Å². The Labute approximate surface area is 238 Å². The zero-order valence-corrected chi connectivity index (χ0v) is 25.2. The SMILES string of the molecule is CC(C)(C)C(=O)OCOP(=O)(C/C=C/Cn1cnc2c(Sc3ccccc3)ncnc21)OCOC(=O)C(C)(C)C. The lowest BCUT2D eigenvalue weighted by Crippen LogP contribution is -2.25. The van der Waals surface area contributed by atoms with Gasteiger partial charge in [0, 0.05) is 11.4 Å². The Morgan fingerprint density at radius 3 is 2.08 bits per heavy atom. The molecule has 0 saturated heterocycles. The molecule has 0 unspecified atom stereocenters. The maximum absolute atomic E-state index is 13.3. The van der Waals surface area contributed by atoms with Crippen molar-refractivity contribution >= 4 is 42.5 Å². The van der Waals surface area contributed by atoms with E-state index in [0.29, 0.717) is 17.7 Å². The van der Waals surface area contributed by atoms with Crippen molar-refractivity contribution in [3.63, 3.8) is 0 Å². The second-order valence-electron chi connectivity index (χ2n) is 10.8. The summed E-state index contributed by atoms with van der Waals surface area (Å²) in [6, 6.07) is 9.86. The highest BCUT2D eigenvalue weighted by atomic mass is 32.2. The van der Waals surface area contributed by atoms with E-state index in [9.17, 15) is 14.2 Å². The number of imidazole rings is 1. The summed E-state index contributed by atoms with van der Waals surface area (Å²) < 4.78 is 36.0. The Morgan fingerprint density at radius 1 is 0.900 bits per heavy atom. The van der Waals surface area contributed by atoms with Crippen molar-refractivity contribution < 1.29 is 32.7 Å². The zero-order valence-electron chi connectivity index (χ0n) is 23.5. The van der Waals surface area contributed by atoms with Crippen LogP contribution in [0.5, 0.6) is 0 Å². The Bertz CT molecular complexity index is 1350. The van der Waals surface area contributed by atoms with Gasteiger partial charge in [-0.05, 0) is 53.7 Å². The van der Waals surface area contributed by atoms with E-state index in [1.165, 1.54) is 18.1 Å². The number of aromatic nitrogens is 4. The molecule has 1 aromatic carbocycles. The number of ether oxygens (including phenoxy) is 2. The zero-order chi connectivity index (χ0) is 29.4. The van der Waals surface area contributed by atoms with Gasteiger partial charge in [0.1, 0.15) is 16.9 Å². The second-order valence-corrected chi connectivity index (χ2v) is 14.0. The van der Waals surface area contributed by atoms with Gasteiger partial charge in [-0.25, -0.2) is 15.0 Å². The molecular formula is C27H35N4O7PS. The molecule has 216 valence electrons. The molecule has 3 aromatic rings. The van der Waals surface area contributed by atoms with Gasteiger partial charge in [-0.3, -0.25) is 23.2 Å². The summed E-state index contributed by atoms with van der Waals surface area (Å²) in [5.41, 5.74) is -0.194. The van der Waals surface area contributed by atoms with Crippen LogP contribution in [0.1, 0.15) is 41.5 Å². The molecule has 13 heteroatoms. The summed E-state index contributed by atoms with van der Waals surface area (Å²) in [5.74, 6) is -1.04. The first-order valence-corrected chi connectivity index (χ1v) is 15.1. The van der Waals surface area contributed by atoms with Crippen LogP contribution in [0.4, 0.5) is 0 Å². The Kier molecular flexibility index (Phi) is 10.7. The van der Waals surface area contributed by atoms with E-state index in [4.69, 9.17) is 18.5 Å². The minimum atomic E-state index is -3.83. The predicted octanol–water partition coefficient (Wildman–Crippen LogP) is 5.85. The van der Waals surface area contributed by atoms with E-state index < -0.39 is 44.0 Å². The van der Waals surface area contributed by atoms with Gasteiger partial charge in [-0.1, -0.05) is 42.1 Å². The molecule has 2 aromatic heterocycles. The molecule has 0 amide bonds. The minimum Gasteiger partial charge on any atom is -0.438 e. The van der Waals surface area contributed by atoms with Gasteiger partial charge in [-0.15, -0.1) is 0 Å². The monoisotopic (exact) mass is 590 g/mol. The highest BCUT2D eigenvalue weighted by molar-refractivity contribution is 7.99. The average molecular weight is 591 g/mol. The van der Waals surface area contributed by atoms with Crippen LogP contribution < -0.4 is 0 Å². The number of fused-ring (bicyclic) bond motifs is 1. The summed E-state index contributed by atoms with van der Waals surface area (Å²) in [7, 11) is -3.83. The Balaban J connectivity index is 1.65. The van der Waals surface area contributed by atoms with E-state index in [1.54, 1.807) is 60.0 Å². The van der Waals surface area contributed by atoms with E-state index in [1.807, 2.05) is 34.9 Å². The van der Waals surface area contributed by atoms with Gasteiger partial charge in [0.2, 0.25) is 13.6 Å². The molecule has 0 aliphatic heterocycles. The fourth-order valence-corrected chi connectivity index (χ4v) is 4.93. The number of hydrogen-bond donors (Lipinski definition) is 0. The molecule has 0 radical (unpaired) electrons. The summed E-state index contributed by atoms with van der Waals surface area (Å²) in [5, 5.41) is 0.736. The molecule has 0 bridgehead atoms. The molecule has 40 heavy (non-hydrogen) atoms. The topological polar surface area (TPSA) is 132 Å². The number of rotatable bonds is 12. The third kappa shape index (κ3) is 9.26. The fourth-order valence-electron chi connectivity index (χ4n) is 2.96. The lowest BCUT2D eigenvalue weighted by molar-refractivity contribution is -0.161. The fraction of sp³-hybridized carbons (Fsp3) is 0.444. The molecule has 3 rings (SSSR count). The third-order valence-electron chi connectivity index (χ3n) is 5.23. The van der Waals surface area contributed by atoms with Crippen molar-refractivity contribution in [3.8, 4) is 0 Å². The van der Waals surface area contributed by atoms with Crippen molar-refractivity contribution in [2.24, 2.45) is 10.8 Å². The van der Waals surface area contributed by atoms with Gasteiger partial charge < -0.3 is 14.0 Å². The third-order valence-corrected chi connectivity index (χ3v) is 7.88. The molecular weight excluding hydrogens is 555 g/mol. The van der Waals surface area contributed by atoms with Crippen molar-refractivity contribution in [1.29, 1.82) is 0 Å². The smallest absolute Gasteiger partial charge is 0.340 e. The molecule has 0 aliphatic carbocycles. The quantitative estimate of drug-likeness (QED) is 0.0827. The molecule has 0 N–H and O–H groups in total. The van der Waals surface area contributed by atoms with Crippen LogP contribution >= 0.6 is 19.4 Å². The predicted molar refractivity (Wildman–Crippen MR) is 150 cm³/mol. The van der Waals surface area contributed by atoms with Crippen molar-refractivity contribution in [2.75, 3.05) is 19.7 Å². The highest BCUT2D eigenvalue weighted by Crippen LogP contribution is 2.48. The number of allylic oxidation sites excluding steroid dienone is 2. The normalized spacial score (nSPS) is 12.7. The van der Waals surface area contributed by atoms with Crippen molar-refractivity contribution in [1.82, 2.24) is 19.5 Å². The maximum Gasteiger partial charge on any atom is 0.340 e. The average Bonchev–Trinajstić information content (AvgIpc) is 3.30. The van der Waals surface area contributed by atoms with Gasteiger partial charge in [0.15, 0.2) is 5.65 Å². The maximum atomic E-state index is 13.3. The first-order valence-electron chi connectivity index (χ1n) is 12.5. The van der Waals surface area contributed by atoms with Gasteiger partial charge in [-0.2, -0.15) is 0 Å². The molecule has 0 saturated carbocycles. The largest absolute Gasteiger partial charge is 0.438 e. The van der Waals surface area contributed by atoms with Crippen LogP contribution in [0.3, 0.4) is 0 Å². The highest BCUT2D eigenvalue weighted by Gasteiger charge is 2.29. The Morgan fingerprint density at radius 2 is 1.50 bits per heavy atom. The standard InChI is InChI=1S/C27H35N4O7PS/c1-26(2,3)24(32)35-18-37-39(34,38-19-36-25(33)27(4,5)6)15-11-10-14-31-17-30-21-22(31)28-16-29-23(21)40-20-12-8-7-9-13-20/h7-13,16-17H,14-15,18-19H2,1-6H3/b11-10+.